The van der Waals surface area contributed by atoms with Crippen molar-refractivity contribution in [2.45, 2.75) is 6.17 Å². The normalized spacial score (nSPS) is 13.8. The minimum Gasteiger partial charge on any atom is -0.456 e. The molecule has 0 amide bonds. The molecule has 0 spiro atoms. The molecule has 2 aromatic heterocycles. The number of nitrogens with one attached hydrogen (secondary N) is 1. The first-order chi connectivity index (χ1) is 23.8. The molecule has 48 heavy (non-hydrogen) atoms. The average Bonchev–Trinajstić information content (AvgIpc) is 3.42. The summed E-state index contributed by atoms with van der Waals surface area (Å²) < 4.78 is 8.99. The van der Waals surface area contributed by atoms with Gasteiger partial charge in [-0.3, -0.25) is 0 Å². The van der Waals surface area contributed by atoms with Crippen molar-refractivity contribution in [1.82, 2.24) is 9.88 Å². The monoisotopic (exact) mass is 616 g/mol. The van der Waals surface area contributed by atoms with Gasteiger partial charge in [0.05, 0.1) is 22.1 Å². The van der Waals surface area contributed by atoms with Crippen molar-refractivity contribution in [2.24, 2.45) is 9.98 Å². The second-order valence-electron chi connectivity index (χ2n) is 12.2. The number of hydrogen-bond donors (Lipinski definition) is 1. The number of para-hydroxylation sites is 1. The third-order valence-electron chi connectivity index (χ3n) is 9.46. The Morgan fingerprint density at radius 1 is 0.458 bits per heavy atom. The summed E-state index contributed by atoms with van der Waals surface area (Å²) in [7, 11) is 0. The van der Waals surface area contributed by atoms with Gasteiger partial charge < -0.3 is 14.3 Å². The number of nitrogens with zero attached hydrogens (tertiary/aromatic N) is 3. The lowest BCUT2D eigenvalue weighted by Crippen LogP contribution is -2.36. The Hall–Kier alpha value is -6.46. The van der Waals surface area contributed by atoms with Gasteiger partial charge in [-0.25, -0.2) is 9.98 Å². The zero-order chi connectivity index (χ0) is 31.6. The number of amidine groups is 2. The van der Waals surface area contributed by atoms with Crippen LogP contribution in [0.1, 0.15) is 22.9 Å². The van der Waals surface area contributed by atoms with E-state index < -0.39 is 6.17 Å². The molecule has 5 heteroatoms. The summed E-state index contributed by atoms with van der Waals surface area (Å²) in [5, 5.41) is 10.4. The highest BCUT2D eigenvalue weighted by Gasteiger charge is 2.24. The third kappa shape index (κ3) is 4.04. The Morgan fingerprint density at radius 2 is 1.02 bits per heavy atom. The van der Waals surface area contributed by atoms with E-state index in [1.807, 2.05) is 42.5 Å². The van der Waals surface area contributed by atoms with E-state index in [-0.39, 0.29) is 0 Å². The molecule has 226 valence electrons. The molecule has 0 aliphatic carbocycles. The Balaban J connectivity index is 1.23. The number of aliphatic imine (C=N–C) groups is 2. The molecule has 1 aliphatic heterocycles. The Morgan fingerprint density at radius 3 is 1.75 bits per heavy atom. The number of hydrogen-bond acceptors (Lipinski definition) is 4. The minimum atomic E-state index is -0.428. The highest BCUT2D eigenvalue weighted by Crippen LogP contribution is 2.42. The van der Waals surface area contributed by atoms with Gasteiger partial charge in [0.25, 0.3) is 0 Å². The molecule has 3 heterocycles. The lowest BCUT2D eigenvalue weighted by Gasteiger charge is -2.24. The predicted molar refractivity (Wildman–Crippen MR) is 197 cm³/mol. The van der Waals surface area contributed by atoms with E-state index in [0.29, 0.717) is 0 Å². The average molecular weight is 617 g/mol. The Bertz CT molecular complexity index is 2700. The molecule has 7 aromatic carbocycles. The van der Waals surface area contributed by atoms with Crippen LogP contribution in [0.15, 0.2) is 172 Å². The fraction of sp³-hybridized carbons (Fsp3) is 0.0233. The standard InChI is InChI=1S/C43H28N4O/c1-3-13-27(14-4-1)41-44-42(28-15-5-2-6-16-28)46-43(45-41)33-25-26-34(30-18-8-7-17-29(30)33)47-35-21-11-20-32-31-19-9-10-23-37(31)48-38-24-12-22-36(47)40(38)39(32)35/h1-26,43H,(H,44,45,46). The summed E-state index contributed by atoms with van der Waals surface area (Å²) in [5.41, 5.74) is 8.20. The molecule has 1 N–H and O–H groups in total. The van der Waals surface area contributed by atoms with Crippen LogP contribution < -0.4 is 5.32 Å². The molecule has 0 saturated heterocycles. The van der Waals surface area contributed by atoms with Crippen LogP contribution in [-0.2, 0) is 0 Å². The molecule has 0 fully saturated rings. The van der Waals surface area contributed by atoms with E-state index in [1.165, 1.54) is 10.8 Å². The van der Waals surface area contributed by atoms with Crippen LogP contribution >= 0.6 is 0 Å². The molecule has 5 nitrogen and oxygen atoms in total. The topological polar surface area (TPSA) is 54.8 Å². The first-order valence-electron chi connectivity index (χ1n) is 16.2. The molecule has 0 radical (unpaired) electrons. The fourth-order valence-electron chi connectivity index (χ4n) is 7.34. The van der Waals surface area contributed by atoms with Crippen LogP contribution in [0.4, 0.5) is 0 Å². The molecule has 0 bridgehead atoms. The Kier molecular flexibility index (Phi) is 5.87. The maximum absolute atomic E-state index is 6.60. The molecule has 0 saturated carbocycles. The van der Waals surface area contributed by atoms with Gasteiger partial charge in [0, 0.05) is 32.8 Å². The summed E-state index contributed by atoms with van der Waals surface area (Å²) in [6, 6.07) is 54.9. The van der Waals surface area contributed by atoms with Gasteiger partial charge in [-0.1, -0.05) is 127 Å². The van der Waals surface area contributed by atoms with Gasteiger partial charge in [0.1, 0.15) is 22.8 Å². The molecule has 1 aliphatic rings. The van der Waals surface area contributed by atoms with Crippen LogP contribution in [0.2, 0.25) is 0 Å². The molecule has 0 atom stereocenters. The first-order valence-corrected chi connectivity index (χ1v) is 16.2. The number of aromatic nitrogens is 1. The molecule has 10 rings (SSSR count). The summed E-state index contributed by atoms with van der Waals surface area (Å²) in [6.45, 7) is 0. The quantitative estimate of drug-likeness (QED) is 0.214. The lowest BCUT2D eigenvalue weighted by molar-refractivity contribution is 0.664. The third-order valence-corrected chi connectivity index (χ3v) is 9.46. The summed E-state index contributed by atoms with van der Waals surface area (Å²) >= 11 is 0. The van der Waals surface area contributed by atoms with Gasteiger partial charge in [0.2, 0.25) is 0 Å². The predicted octanol–water partition coefficient (Wildman–Crippen LogP) is 10.3. The number of fused-ring (bicyclic) bond motifs is 3. The van der Waals surface area contributed by atoms with Crippen LogP contribution in [0, 0.1) is 0 Å². The molecular weight excluding hydrogens is 589 g/mol. The van der Waals surface area contributed by atoms with Crippen molar-refractivity contribution in [2.75, 3.05) is 0 Å². The van der Waals surface area contributed by atoms with Gasteiger partial charge in [-0.15, -0.1) is 0 Å². The smallest absolute Gasteiger partial charge is 0.170 e. The SMILES string of the molecule is c1ccc(C2=NC(c3ccc(-n4c5cccc6oc7ccccc7c7cccc4c7c65)c4ccccc34)N=C(c3ccccc3)N2)cc1. The van der Waals surface area contributed by atoms with Crippen molar-refractivity contribution in [3.63, 3.8) is 0 Å². The van der Waals surface area contributed by atoms with Crippen molar-refractivity contribution in [1.29, 1.82) is 0 Å². The van der Waals surface area contributed by atoms with Crippen LogP contribution in [0.5, 0.6) is 0 Å². The van der Waals surface area contributed by atoms with Gasteiger partial charge in [-0.2, -0.15) is 0 Å². The highest BCUT2D eigenvalue weighted by molar-refractivity contribution is 6.27. The van der Waals surface area contributed by atoms with Crippen molar-refractivity contribution < 1.29 is 4.42 Å². The van der Waals surface area contributed by atoms with Crippen LogP contribution in [-0.4, -0.2) is 16.2 Å². The minimum absolute atomic E-state index is 0.428. The molecule has 9 aromatic rings. The first kappa shape index (κ1) is 26.7. The molecular formula is C43H28N4O. The summed E-state index contributed by atoms with van der Waals surface area (Å²) in [5.74, 6) is 1.61. The van der Waals surface area contributed by atoms with E-state index in [4.69, 9.17) is 14.4 Å². The summed E-state index contributed by atoms with van der Waals surface area (Å²) in [4.78, 5) is 10.4. The van der Waals surface area contributed by atoms with E-state index in [0.717, 1.165) is 77.8 Å². The highest BCUT2D eigenvalue weighted by atomic mass is 16.3. The summed E-state index contributed by atoms with van der Waals surface area (Å²) in [6.07, 6.45) is -0.428. The van der Waals surface area contributed by atoms with E-state index in [2.05, 4.69) is 125 Å². The van der Waals surface area contributed by atoms with E-state index in [9.17, 15) is 0 Å². The van der Waals surface area contributed by atoms with Crippen LogP contribution in [0.3, 0.4) is 0 Å². The van der Waals surface area contributed by atoms with E-state index >= 15 is 0 Å². The lowest BCUT2D eigenvalue weighted by atomic mass is 10.00. The largest absolute Gasteiger partial charge is 0.456 e. The van der Waals surface area contributed by atoms with Gasteiger partial charge in [-0.05, 0) is 41.1 Å². The maximum atomic E-state index is 6.60. The second kappa shape index (κ2) is 10.5. The Labute approximate surface area is 276 Å². The van der Waals surface area contributed by atoms with Crippen molar-refractivity contribution in [3.8, 4) is 5.69 Å². The van der Waals surface area contributed by atoms with Crippen molar-refractivity contribution >= 4 is 66.2 Å². The van der Waals surface area contributed by atoms with E-state index in [1.54, 1.807) is 0 Å². The van der Waals surface area contributed by atoms with Gasteiger partial charge in [0.15, 0.2) is 6.17 Å². The fourth-order valence-corrected chi connectivity index (χ4v) is 7.34. The second-order valence-corrected chi connectivity index (χ2v) is 12.2. The van der Waals surface area contributed by atoms with Gasteiger partial charge >= 0.3 is 0 Å². The van der Waals surface area contributed by atoms with Crippen LogP contribution in [0.25, 0.3) is 60.2 Å². The maximum Gasteiger partial charge on any atom is 0.170 e. The number of benzene rings is 7. The molecule has 0 unspecified atom stereocenters. The van der Waals surface area contributed by atoms with Crippen molar-refractivity contribution in [3.05, 3.63) is 174 Å². The number of rotatable bonds is 4. The zero-order valence-corrected chi connectivity index (χ0v) is 25.8. The zero-order valence-electron chi connectivity index (χ0n) is 25.8.